The van der Waals surface area contributed by atoms with Crippen LogP contribution in [0.3, 0.4) is 0 Å². The first-order valence-corrected chi connectivity index (χ1v) is 10.5. The van der Waals surface area contributed by atoms with Crippen molar-refractivity contribution in [1.82, 2.24) is 0 Å². The molecule has 0 saturated carbocycles. The minimum absolute atomic E-state index is 0.121. The lowest BCUT2D eigenvalue weighted by Gasteiger charge is -2.21. The fourth-order valence-corrected chi connectivity index (χ4v) is 3.93. The first-order valence-electron chi connectivity index (χ1n) is 9.06. The number of hydrogen-bond acceptors (Lipinski definition) is 5. The molecule has 0 aliphatic rings. The van der Waals surface area contributed by atoms with Gasteiger partial charge in [-0.3, -0.25) is 19.6 Å². The van der Waals surface area contributed by atoms with Gasteiger partial charge in [0.25, 0.3) is 21.6 Å². The lowest BCUT2D eigenvalue weighted by Crippen LogP contribution is -2.30. The molecule has 0 bridgehead atoms. The lowest BCUT2D eigenvalue weighted by atomic mass is 10.1. The number of benzene rings is 3. The van der Waals surface area contributed by atoms with E-state index in [2.05, 4.69) is 4.72 Å². The van der Waals surface area contributed by atoms with Crippen molar-refractivity contribution >= 4 is 33.0 Å². The molecule has 0 aliphatic carbocycles. The second kappa shape index (κ2) is 8.75. The standard InChI is InChI=1S/C21H19N3O5S/c1-2-23(18-9-4-3-5-10-18)21(25)16-7-6-8-17(15-16)22-30(28,29)20-13-11-19(12-14-20)24(26)27/h3-15,22H,2H2,1H3. The summed E-state index contributed by atoms with van der Waals surface area (Å²) in [7, 11) is -3.97. The molecule has 30 heavy (non-hydrogen) atoms. The van der Waals surface area contributed by atoms with Crippen LogP contribution in [0.15, 0.2) is 83.8 Å². The molecule has 3 aromatic rings. The molecule has 3 rings (SSSR count). The van der Waals surface area contributed by atoms with Crippen LogP contribution >= 0.6 is 0 Å². The highest BCUT2D eigenvalue weighted by Gasteiger charge is 2.19. The molecular formula is C21H19N3O5S. The molecule has 154 valence electrons. The summed E-state index contributed by atoms with van der Waals surface area (Å²) >= 11 is 0. The maximum absolute atomic E-state index is 13.0. The maximum atomic E-state index is 13.0. The Kier molecular flexibility index (Phi) is 6.12. The molecule has 0 unspecified atom stereocenters. The van der Waals surface area contributed by atoms with Gasteiger partial charge in [-0.25, -0.2) is 8.42 Å². The summed E-state index contributed by atoms with van der Waals surface area (Å²) in [5.74, 6) is -0.264. The van der Waals surface area contributed by atoms with Crippen molar-refractivity contribution in [2.75, 3.05) is 16.2 Å². The van der Waals surface area contributed by atoms with Crippen molar-refractivity contribution in [3.63, 3.8) is 0 Å². The van der Waals surface area contributed by atoms with E-state index >= 15 is 0 Å². The molecule has 0 radical (unpaired) electrons. The van der Waals surface area contributed by atoms with Crippen molar-refractivity contribution in [3.8, 4) is 0 Å². The van der Waals surface area contributed by atoms with Gasteiger partial charge in [0.05, 0.1) is 9.82 Å². The van der Waals surface area contributed by atoms with Crippen LogP contribution in [0.2, 0.25) is 0 Å². The third kappa shape index (κ3) is 4.64. The molecule has 0 aliphatic heterocycles. The predicted molar refractivity (Wildman–Crippen MR) is 114 cm³/mol. The Hall–Kier alpha value is -3.72. The molecule has 9 heteroatoms. The summed E-state index contributed by atoms with van der Waals surface area (Å²) < 4.78 is 27.6. The molecule has 0 aromatic heterocycles. The number of hydrogen-bond donors (Lipinski definition) is 1. The molecule has 1 amide bonds. The summed E-state index contributed by atoms with van der Waals surface area (Å²) in [4.78, 5) is 24.6. The Labute approximate surface area is 174 Å². The Bertz CT molecular complexity index is 1160. The second-order valence-electron chi connectivity index (χ2n) is 6.32. The monoisotopic (exact) mass is 425 g/mol. The van der Waals surface area contributed by atoms with E-state index < -0.39 is 14.9 Å². The highest BCUT2D eigenvalue weighted by Crippen LogP contribution is 2.22. The Morgan fingerprint density at radius 3 is 2.27 bits per heavy atom. The van der Waals surface area contributed by atoms with E-state index in [1.54, 1.807) is 17.0 Å². The number of anilines is 2. The van der Waals surface area contributed by atoms with Crippen LogP contribution in [0.25, 0.3) is 0 Å². The number of nitrogens with one attached hydrogen (secondary N) is 1. The minimum atomic E-state index is -3.97. The van der Waals surface area contributed by atoms with Crippen LogP contribution in [-0.4, -0.2) is 25.8 Å². The van der Waals surface area contributed by atoms with Gasteiger partial charge in [-0.2, -0.15) is 0 Å². The summed E-state index contributed by atoms with van der Waals surface area (Å²) in [6.45, 7) is 2.30. The first kappa shape index (κ1) is 21.0. The van der Waals surface area contributed by atoms with Crippen LogP contribution in [0.1, 0.15) is 17.3 Å². The van der Waals surface area contributed by atoms with E-state index in [1.165, 1.54) is 12.1 Å². The van der Waals surface area contributed by atoms with Crippen LogP contribution in [0, 0.1) is 10.1 Å². The summed E-state index contributed by atoms with van der Waals surface area (Å²) in [5.41, 5.74) is 1.07. The number of non-ortho nitro benzene ring substituents is 1. The Morgan fingerprint density at radius 2 is 1.67 bits per heavy atom. The molecule has 0 atom stereocenters. The molecule has 8 nitrogen and oxygen atoms in total. The highest BCUT2D eigenvalue weighted by atomic mass is 32.2. The fraction of sp³-hybridized carbons (Fsp3) is 0.0952. The highest BCUT2D eigenvalue weighted by molar-refractivity contribution is 7.92. The van der Waals surface area contributed by atoms with E-state index in [-0.39, 0.29) is 22.2 Å². The number of amides is 1. The van der Waals surface area contributed by atoms with E-state index in [1.807, 2.05) is 37.3 Å². The minimum Gasteiger partial charge on any atom is -0.309 e. The van der Waals surface area contributed by atoms with Gasteiger partial charge in [0.15, 0.2) is 0 Å². The SMILES string of the molecule is CCN(C(=O)c1cccc(NS(=O)(=O)c2ccc([N+](=O)[O-])cc2)c1)c1ccccc1. The van der Waals surface area contributed by atoms with Gasteiger partial charge in [-0.05, 0) is 49.4 Å². The van der Waals surface area contributed by atoms with E-state index in [0.717, 1.165) is 30.0 Å². The number of rotatable bonds is 7. The summed E-state index contributed by atoms with van der Waals surface area (Å²) in [5, 5.41) is 10.7. The molecule has 3 aromatic carbocycles. The average Bonchev–Trinajstić information content (AvgIpc) is 2.75. The average molecular weight is 425 g/mol. The number of para-hydroxylation sites is 1. The third-order valence-electron chi connectivity index (χ3n) is 4.35. The maximum Gasteiger partial charge on any atom is 0.269 e. The first-order chi connectivity index (χ1) is 14.3. The molecule has 1 N–H and O–H groups in total. The van der Waals surface area contributed by atoms with Crippen molar-refractivity contribution < 1.29 is 18.1 Å². The van der Waals surface area contributed by atoms with Crippen molar-refractivity contribution in [1.29, 1.82) is 0 Å². The number of sulfonamides is 1. The second-order valence-corrected chi connectivity index (χ2v) is 8.00. The number of nitro groups is 1. The molecular weight excluding hydrogens is 406 g/mol. The van der Waals surface area contributed by atoms with E-state index in [0.29, 0.717) is 12.1 Å². The summed E-state index contributed by atoms with van der Waals surface area (Å²) in [6.07, 6.45) is 0. The van der Waals surface area contributed by atoms with Crippen molar-refractivity contribution in [2.45, 2.75) is 11.8 Å². The van der Waals surface area contributed by atoms with Gasteiger partial charge in [0.2, 0.25) is 0 Å². The Balaban J connectivity index is 1.84. The number of nitro benzene ring substituents is 1. The number of carbonyl (C=O) groups is 1. The van der Waals surface area contributed by atoms with Crippen LogP contribution in [-0.2, 0) is 10.0 Å². The Morgan fingerprint density at radius 1 is 1.00 bits per heavy atom. The molecule has 0 heterocycles. The van der Waals surface area contributed by atoms with Gasteiger partial charge in [-0.15, -0.1) is 0 Å². The van der Waals surface area contributed by atoms with E-state index in [4.69, 9.17) is 0 Å². The van der Waals surface area contributed by atoms with Crippen molar-refractivity contribution in [3.05, 3.63) is 94.5 Å². The zero-order valence-corrected chi connectivity index (χ0v) is 16.9. The fourth-order valence-electron chi connectivity index (χ4n) is 2.88. The van der Waals surface area contributed by atoms with Gasteiger partial charge >= 0.3 is 0 Å². The van der Waals surface area contributed by atoms with Crippen LogP contribution < -0.4 is 9.62 Å². The van der Waals surface area contributed by atoms with Gasteiger partial charge in [0, 0.05) is 35.6 Å². The quantitative estimate of drug-likeness (QED) is 0.453. The zero-order valence-electron chi connectivity index (χ0n) is 16.1. The normalized spacial score (nSPS) is 11.0. The predicted octanol–water partition coefficient (Wildman–Crippen LogP) is 4.06. The van der Waals surface area contributed by atoms with Crippen LogP contribution in [0.5, 0.6) is 0 Å². The largest absolute Gasteiger partial charge is 0.309 e. The number of nitrogens with zero attached hydrogens (tertiary/aromatic N) is 2. The van der Waals surface area contributed by atoms with Crippen molar-refractivity contribution in [2.24, 2.45) is 0 Å². The molecule has 0 saturated heterocycles. The summed E-state index contributed by atoms with van der Waals surface area (Å²) in [6, 6.07) is 19.9. The lowest BCUT2D eigenvalue weighted by molar-refractivity contribution is -0.384. The van der Waals surface area contributed by atoms with E-state index in [9.17, 15) is 23.3 Å². The van der Waals surface area contributed by atoms with Gasteiger partial charge < -0.3 is 4.90 Å². The third-order valence-corrected chi connectivity index (χ3v) is 5.75. The zero-order chi connectivity index (χ0) is 21.7. The molecule has 0 spiro atoms. The number of carbonyl (C=O) groups excluding carboxylic acids is 1. The topological polar surface area (TPSA) is 110 Å². The van der Waals surface area contributed by atoms with Gasteiger partial charge in [0.1, 0.15) is 0 Å². The molecule has 0 fully saturated rings. The van der Waals surface area contributed by atoms with Crippen LogP contribution in [0.4, 0.5) is 17.1 Å². The van der Waals surface area contributed by atoms with Gasteiger partial charge in [-0.1, -0.05) is 24.3 Å². The smallest absolute Gasteiger partial charge is 0.269 e.